The summed E-state index contributed by atoms with van der Waals surface area (Å²) in [5.41, 5.74) is 0. The van der Waals surface area contributed by atoms with Crippen LogP contribution in [0.5, 0.6) is 0 Å². The van der Waals surface area contributed by atoms with Crippen molar-refractivity contribution in [2.75, 3.05) is 23.7 Å². The van der Waals surface area contributed by atoms with E-state index in [0.29, 0.717) is 17.0 Å². The minimum absolute atomic E-state index is 0.271. The van der Waals surface area contributed by atoms with Crippen LogP contribution in [-0.2, 0) is 0 Å². The Morgan fingerprint density at radius 1 is 1.18 bits per heavy atom. The molecule has 0 aromatic carbocycles. The molecule has 0 unspecified atom stereocenters. The second-order valence-electron chi connectivity index (χ2n) is 4.06. The molecule has 4 nitrogen and oxygen atoms in total. The van der Waals surface area contributed by atoms with Crippen molar-refractivity contribution in [1.82, 2.24) is 15.0 Å². The summed E-state index contributed by atoms with van der Waals surface area (Å²) in [5.74, 6) is 2.26. The zero-order chi connectivity index (χ0) is 12.8. The lowest BCUT2D eigenvalue weighted by Gasteiger charge is -2.18. The summed E-state index contributed by atoms with van der Waals surface area (Å²) in [6, 6.07) is 0. The van der Waals surface area contributed by atoms with Gasteiger partial charge < -0.3 is 4.90 Å². The van der Waals surface area contributed by atoms with Crippen molar-refractivity contribution in [3.63, 3.8) is 0 Å². The molecule has 0 saturated carbocycles. The third kappa shape index (κ3) is 4.68. The summed E-state index contributed by atoms with van der Waals surface area (Å²) in [5, 5.41) is 0.980. The molecular formula is C11H19ClN4S. The lowest BCUT2D eigenvalue weighted by atomic mass is 10.3. The van der Waals surface area contributed by atoms with E-state index in [-0.39, 0.29) is 5.28 Å². The monoisotopic (exact) mass is 274 g/mol. The van der Waals surface area contributed by atoms with Gasteiger partial charge >= 0.3 is 0 Å². The lowest BCUT2D eigenvalue weighted by Crippen LogP contribution is -2.24. The predicted molar refractivity (Wildman–Crippen MR) is 74.0 cm³/mol. The highest BCUT2D eigenvalue weighted by Gasteiger charge is 2.10. The van der Waals surface area contributed by atoms with E-state index in [1.165, 1.54) is 0 Å². The molecule has 0 atom stereocenters. The summed E-state index contributed by atoms with van der Waals surface area (Å²) >= 11 is 7.54. The van der Waals surface area contributed by atoms with Gasteiger partial charge in [-0.2, -0.15) is 15.0 Å². The molecule has 17 heavy (non-hydrogen) atoms. The predicted octanol–water partition coefficient (Wildman–Crippen LogP) is 3.12. The Balaban J connectivity index is 2.85. The minimum Gasteiger partial charge on any atom is -0.341 e. The Kier molecular flexibility index (Phi) is 5.98. The summed E-state index contributed by atoms with van der Waals surface area (Å²) in [6.07, 6.45) is 0. The van der Waals surface area contributed by atoms with Gasteiger partial charge in [-0.25, -0.2) is 0 Å². The van der Waals surface area contributed by atoms with Crippen LogP contribution < -0.4 is 4.90 Å². The van der Waals surface area contributed by atoms with Gasteiger partial charge in [0.05, 0.1) is 0 Å². The second-order valence-corrected chi connectivity index (χ2v) is 5.39. The van der Waals surface area contributed by atoms with Gasteiger partial charge in [0.1, 0.15) is 0 Å². The third-order valence-electron chi connectivity index (χ3n) is 2.17. The molecule has 0 aliphatic rings. The number of rotatable bonds is 6. The van der Waals surface area contributed by atoms with Gasteiger partial charge in [-0.1, -0.05) is 25.6 Å². The normalized spacial score (nSPS) is 10.9. The highest BCUT2D eigenvalue weighted by Crippen LogP contribution is 2.20. The van der Waals surface area contributed by atoms with E-state index in [9.17, 15) is 0 Å². The fourth-order valence-electron chi connectivity index (χ4n) is 1.28. The molecule has 1 aromatic heterocycles. The first-order chi connectivity index (χ1) is 8.06. The molecule has 0 saturated heterocycles. The van der Waals surface area contributed by atoms with Crippen LogP contribution in [-0.4, -0.2) is 33.8 Å². The third-order valence-corrected chi connectivity index (χ3v) is 3.61. The lowest BCUT2D eigenvalue weighted by molar-refractivity contribution is 0.743. The molecule has 0 aliphatic heterocycles. The van der Waals surface area contributed by atoms with E-state index in [4.69, 9.17) is 11.6 Å². The van der Waals surface area contributed by atoms with Crippen molar-refractivity contribution >= 4 is 29.3 Å². The fraction of sp³-hybridized carbons (Fsp3) is 0.727. The van der Waals surface area contributed by atoms with E-state index in [2.05, 4.69) is 47.5 Å². The number of aromatic nitrogens is 3. The molecule has 6 heteroatoms. The van der Waals surface area contributed by atoms with Crippen LogP contribution >= 0.6 is 23.4 Å². The van der Waals surface area contributed by atoms with Crippen LogP contribution in [0, 0.1) is 5.92 Å². The summed E-state index contributed by atoms with van der Waals surface area (Å²) in [4.78, 5) is 14.8. The van der Waals surface area contributed by atoms with Gasteiger partial charge in [0.2, 0.25) is 11.2 Å². The summed E-state index contributed by atoms with van der Waals surface area (Å²) in [7, 11) is 0. The smallest absolute Gasteiger partial charge is 0.230 e. The van der Waals surface area contributed by atoms with Crippen molar-refractivity contribution in [3.05, 3.63) is 5.28 Å². The molecule has 0 aliphatic carbocycles. The molecule has 0 bridgehead atoms. The van der Waals surface area contributed by atoms with Gasteiger partial charge in [-0.3, -0.25) is 0 Å². The average Bonchev–Trinajstić information content (AvgIpc) is 2.27. The van der Waals surface area contributed by atoms with Crippen LogP contribution in [0.25, 0.3) is 0 Å². The van der Waals surface area contributed by atoms with Crippen molar-refractivity contribution in [3.8, 4) is 0 Å². The van der Waals surface area contributed by atoms with E-state index < -0.39 is 0 Å². The van der Waals surface area contributed by atoms with Crippen molar-refractivity contribution in [2.24, 2.45) is 5.92 Å². The maximum absolute atomic E-state index is 5.92. The van der Waals surface area contributed by atoms with Crippen LogP contribution in [0.15, 0.2) is 5.16 Å². The Morgan fingerprint density at radius 3 is 2.35 bits per heavy atom. The molecule has 1 heterocycles. The first-order valence-electron chi connectivity index (χ1n) is 5.86. The first kappa shape index (κ1) is 14.5. The molecule has 0 spiro atoms. The SMILES string of the molecule is CCN(CC)c1nc(Cl)nc(SCC(C)C)n1. The maximum atomic E-state index is 5.92. The molecular weight excluding hydrogens is 256 g/mol. The van der Waals surface area contributed by atoms with Gasteiger partial charge in [-0.15, -0.1) is 0 Å². The molecule has 0 amide bonds. The first-order valence-corrected chi connectivity index (χ1v) is 7.22. The van der Waals surface area contributed by atoms with E-state index in [1.807, 2.05) is 0 Å². The molecule has 0 fully saturated rings. The Hall–Kier alpha value is -0.550. The maximum Gasteiger partial charge on any atom is 0.230 e. The largest absolute Gasteiger partial charge is 0.341 e. The van der Waals surface area contributed by atoms with Gasteiger partial charge in [0.15, 0.2) is 5.16 Å². The number of hydrogen-bond donors (Lipinski definition) is 0. The number of halogens is 1. The molecule has 0 radical (unpaired) electrons. The molecule has 0 N–H and O–H groups in total. The Bertz CT molecular complexity index is 355. The quantitative estimate of drug-likeness (QED) is 0.746. The van der Waals surface area contributed by atoms with Gasteiger partial charge in [0, 0.05) is 18.8 Å². The van der Waals surface area contributed by atoms with E-state index in [1.54, 1.807) is 11.8 Å². The zero-order valence-electron chi connectivity index (χ0n) is 10.8. The number of hydrogen-bond acceptors (Lipinski definition) is 5. The van der Waals surface area contributed by atoms with Crippen LogP contribution in [0.4, 0.5) is 5.95 Å². The fourth-order valence-corrected chi connectivity index (χ4v) is 2.26. The van der Waals surface area contributed by atoms with Crippen LogP contribution in [0.3, 0.4) is 0 Å². The summed E-state index contributed by atoms with van der Waals surface area (Å²) in [6.45, 7) is 10.2. The highest BCUT2D eigenvalue weighted by atomic mass is 35.5. The van der Waals surface area contributed by atoms with E-state index >= 15 is 0 Å². The second kappa shape index (κ2) is 7.01. The Labute approximate surface area is 112 Å². The van der Waals surface area contributed by atoms with Crippen molar-refractivity contribution in [2.45, 2.75) is 32.9 Å². The highest BCUT2D eigenvalue weighted by molar-refractivity contribution is 7.99. The van der Waals surface area contributed by atoms with Gasteiger partial charge in [-0.05, 0) is 31.4 Å². The average molecular weight is 275 g/mol. The summed E-state index contributed by atoms with van der Waals surface area (Å²) < 4.78 is 0. The Morgan fingerprint density at radius 2 is 1.82 bits per heavy atom. The van der Waals surface area contributed by atoms with Crippen molar-refractivity contribution in [1.29, 1.82) is 0 Å². The zero-order valence-corrected chi connectivity index (χ0v) is 12.3. The number of anilines is 1. The topological polar surface area (TPSA) is 41.9 Å². The molecule has 1 rings (SSSR count). The van der Waals surface area contributed by atoms with E-state index in [0.717, 1.165) is 18.8 Å². The molecule has 96 valence electrons. The minimum atomic E-state index is 0.271. The van der Waals surface area contributed by atoms with Crippen molar-refractivity contribution < 1.29 is 0 Å². The van der Waals surface area contributed by atoms with Crippen LogP contribution in [0.1, 0.15) is 27.7 Å². The van der Waals surface area contributed by atoms with Gasteiger partial charge in [0.25, 0.3) is 0 Å². The molecule has 1 aromatic rings. The van der Waals surface area contributed by atoms with Crippen LogP contribution in [0.2, 0.25) is 5.28 Å². The number of thioether (sulfide) groups is 1. The number of nitrogens with zero attached hydrogens (tertiary/aromatic N) is 4. The standard InChI is InChI=1S/C11H19ClN4S/c1-5-16(6-2)10-13-9(12)14-11(15-10)17-7-8(3)4/h8H,5-7H2,1-4H3.